The Bertz CT molecular complexity index is 93.8. The van der Waals surface area contributed by atoms with Crippen LogP contribution < -0.4 is 5.11 Å². The van der Waals surface area contributed by atoms with Crippen molar-refractivity contribution in [1.82, 2.24) is 0 Å². The maximum Gasteiger partial charge on any atom is 0.0784 e. The third-order valence-electron chi connectivity index (χ3n) is 1.78. The fourth-order valence-corrected chi connectivity index (χ4v) is 1.19. The van der Waals surface area contributed by atoms with Crippen molar-refractivity contribution in [3.05, 3.63) is 0 Å². The van der Waals surface area contributed by atoms with E-state index < -0.39 is 6.47 Å². The van der Waals surface area contributed by atoms with Gasteiger partial charge in [-0.05, 0) is 0 Å². The molecule has 1 aliphatic heterocycles. The predicted molar refractivity (Wildman–Crippen MR) is 37.1 cm³/mol. The van der Waals surface area contributed by atoms with Crippen LogP contribution in [-0.2, 0) is 4.79 Å². The molecule has 1 rings (SSSR count). The van der Waals surface area contributed by atoms with Gasteiger partial charge in [0.1, 0.15) is 0 Å². The van der Waals surface area contributed by atoms with Crippen molar-refractivity contribution in [2.75, 3.05) is 27.2 Å². The summed E-state index contributed by atoms with van der Waals surface area (Å²) in [6.45, 7) is 2.28. The van der Waals surface area contributed by atoms with Crippen LogP contribution in [0.15, 0.2) is 0 Å². The van der Waals surface area contributed by atoms with Crippen LogP contribution in [0.1, 0.15) is 12.8 Å². The van der Waals surface area contributed by atoms with Crippen molar-refractivity contribution in [3.8, 4) is 0 Å². The third kappa shape index (κ3) is 4.32. The first-order chi connectivity index (χ1) is 4.62. The highest BCUT2D eigenvalue weighted by atomic mass is 16.3. The molecule has 0 aliphatic carbocycles. The number of nitrogens with zero attached hydrogens (tertiary/aromatic N) is 1. The predicted octanol–water partition coefficient (Wildman–Crippen LogP) is -0.777. The first-order valence-electron chi connectivity index (χ1n) is 3.50. The van der Waals surface area contributed by atoms with Crippen molar-refractivity contribution >= 4 is 6.47 Å². The van der Waals surface area contributed by atoms with Crippen molar-refractivity contribution < 1.29 is 14.4 Å². The van der Waals surface area contributed by atoms with Crippen molar-refractivity contribution in [2.45, 2.75) is 12.8 Å². The second-order valence-corrected chi connectivity index (χ2v) is 3.19. The van der Waals surface area contributed by atoms with Crippen molar-refractivity contribution in [1.29, 1.82) is 0 Å². The van der Waals surface area contributed by atoms with Crippen LogP contribution >= 0.6 is 0 Å². The summed E-state index contributed by atoms with van der Waals surface area (Å²) in [6.07, 6.45) is 2.88. The minimum Gasteiger partial charge on any atom is -0.554 e. The molecule has 60 valence electrons. The average molecular weight is 145 g/mol. The fourth-order valence-electron chi connectivity index (χ4n) is 1.19. The molecule has 0 aromatic rings. The zero-order chi connectivity index (χ0) is 8.04. The van der Waals surface area contributed by atoms with Gasteiger partial charge in [0, 0.05) is 19.3 Å². The first kappa shape index (κ1) is 9.43. The molecule has 0 amide bonds. The molecule has 0 N–H and O–H groups in total. The molecule has 0 radical (unpaired) electrons. The average Bonchev–Trinajstić information content (AvgIpc) is 2.16. The monoisotopic (exact) mass is 145 g/mol. The molecule has 3 heteroatoms. The maximum absolute atomic E-state index is 8.25. The topological polar surface area (TPSA) is 40.1 Å². The van der Waals surface area contributed by atoms with Gasteiger partial charge in [0.15, 0.2) is 0 Å². The molecule has 0 unspecified atom stereocenters. The highest BCUT2D eigenvalue weighted by molar-refractivity contribution is 5.29. The molecule has 0 atom stereocenters. The molecule has 1 heterocycles. The summed E-state index contributed by atoms with van der Waals surface area (Å²) in [4.78, 5) is 8.25. The van der Waals surface area contributed by atoms with Gasteiger partial charge in [-0.2, -0.15) is 0 Å². The molecular formula is C7H15NO2. The summed E-state index contributed by atoms with van der Waals surface area (Å²) in [7, 11) is 4.60. The van der Waals surface area contributed by atoms with Crippen LogP contribution in [0.5, 0.6) is 0 Å². The Morgan fingerprint density at radius 2 is 1.60 bits per heavy atom. The maximum atomic E-state index is 8.25. The largest absolute Gasteiger partial charge is 0.554 e. The van der Waals surface area contributed by atoms with Gasteiger partial charge < -0.3 is 14.4 Å². The number of quaternary nitrogens is 1. The Labute approximate surface area is 61.9 Å². The summed E-state index contributed by atoms with van der Waals surface area (Å²) in [6, 6.07) is 0. The van der Waals surface area contributed by atoms with Crippen LogP contribution in [0.2, 0.25) is 0 Å². The zero-order valence-corrected chi connectivity index (χ0v) is 6.67. The standard InChI is InChI=1S/C6H14N.CH2O2/c1-7(2)5-3-4-6-7;2-1-3/h3-6H2,1-2H3;1H,(H,2,3)/q+1;/p-1. The van der Waals surface area contributed by atoms with Crippen molar-refractivity contribution in [3.63, 3.8) is 0 Å². The molecule has 1 saturated heterocycles. The number of carbonyl (C=O) groups is 1. The Kier molecular flexibility index (Phi) is 4.03. The van der Waals surface area contributed by atoms with E-state index >= 15 is 0 Å². The second kappa shape index (κ2) is 4.28. The van der Waals surface area contributed by atoms with Crippen LogP contribution in [0, 0.1) is 0 Å². The number of rotatable bonds is 0. The molecule has 1 fully saturated rings. The Balaban J connectivity index is 0.000000236. The summed E-state index contributed by atoms with van der Waals surface area (Å²) in [5.74, 6) is 0. The molecule has 0 bridgehead atoms. The quantitative estimate of drug-likeness (QED) is 0.331. The van der Waals surface area contributed by atoms with E-state index in [4.69, 9.17) is 9.90 Å². The Morgan fingerprint density at radius 3 is 1.70 bits per heavy atom. The summed E-state index contributed by atoms with van der Waals surface area (Å²) >= 11 is 0. The van der Waals surface area contributed by atoms with E-state index in [0.29, 0.717) is 0 Å². The van der Waals surface area contributed by atoms with Gasteiger partial charge in [-0.25, -0.2) is 0 Å². The zero-order valence-electron chi connectivity index (χ0n) is 6.67. The van der Waals surface area contributed by atoms with Crippen LogP contribution in [0.4, 0.5) is 0 Å². The van der Waals surface area contributed by atoms with Gasteiger partial charge in [-0.1, -0.05) is 0 Å². The highest BCUT2D eigenvalue weighted by Crippen LogP contribution is 2.11. The van der Waals surface area contributed by atoms with Gasteiger partial charge in [0.25, 0.3) is 0 Å². The number of carboxylic acid groups (broad SMARTS) is 1. The van der Waals surface area contributed by atoms with Crippen molar-refractivity contribution in [2.24, 2.45) is 0 Å². The smallest absolute Gasteiger partial charge is 0.0784 e. The lowest BCUT2D eigenvalue weighted by Gasteiger charge is -2.21. The van der Waals surface area contributed by atoms with Crippen LogP contribution in [-0.4, -0.2) is 38.1 Å². The third-order valence-corrected chi connectivity index (χ3v) is 1.78. The first-order valence-corrected chi connectivity index (χ1v) is 3.50. The number of hydrogen-bond donors (Lipinski definition) is 0. The molecular weight excluding hydrogens is 130 g/mol. The van der Waals surface area contributed by atoms with Gasteiger partial charge in [0.2, 0.25) is 0 Å². The summed E-state index contributed by atoms with van der Waals surface area (Å²) in [5, 5.41) is 8.25. The Hall–Kier alpha value is -0.570. The van der Waals surface area contributed by atoms with E-state index in [2.05, 4.69) is 14.1 Å². The van der Waals surface area contributed by atoms with Gasteiger partial charge in [-0.15, -0.1) is 0 Å². The summed E-state index contributed by atoms with van der Waals surface area (Å²) in [5.41, 5.74) is 0. The second-order valence-electron chi connectivity index (χ2n) is 3.19. The lowest BCUT2D eigenvalue weighted by Crippen LogP contribution is -2.35. The van der Waals surface area contributed by atoms with Gasteiger partial charge in [-0.3, -0.25) is 0 Å². The number of carbonyl (C=O) groups excluding carboxylic acids is 1. The highest BCUT2D eigenvalue weighted by Gasteiger charge is 2.19. The Morgan fingerprint density at radius 1 is 1.30 bits per heavy atom. The van der Waals surface area contributed by atoms with E-state index in [-0.39, 0.29) is 0 Å². The molecule has 0 spiro atoms. The van der Waals surface area contributed by atoms with E-state index in [1.165, 1.54) is 30.4 Å². The van der Waals surface area contributed by atoms with E-state index in [0.717, 1.165) is 0 Å². The van der Waals surface area contributed by atoms with E-state index in [1.54, 1.807) is 0 Å². The van der Waals surface area contributed by atoms with Gasteiger partial charge in [0.05, 0.1) is 27.2 Å². The molecule has 10 heavy (non-hydrogen) atoms. The number of likely N-dealkylation sites (tertiary alicyclic amines) is 1. The minimum absolute atomic E-state index is 0.500. The SMILES string of the molecule is C[N+]1(C)CCCC1.O=C[O-]. The van der Waals surface area contributed by atoms with E-state index in [9.17, 15) is 0 Å². The van der Waals surface area contributed by atoms with Crippen LogP contribution in [0.25, 0.3) is 0 Å². The fraction of sp³-hybridized carbons (Fsp3) is 0.857. The van der Waals surface area contributed by atoms with Crippen LogP contribution in [0.3, 0.4) is 0 Å². The minimum atomic E-state index is -0.500. The normalized spacial score (nSPS) is 21.0. The molecule has 0 saturated carbocycles. The lowest BCUT2D eigenvalue weighted by molar-refractivity contribution is -0.877. The molecule has 1 aliphatic rings. The molecule has 0 aromatic carbocycles. The molecule has 0 aromatic heterocycles. The van der Waals surface area contributed by atoms with E-state index in [1.807, 2.05) is 0 Å². The van der Waals surface area contributed by atoms with Gasteiger partial charge >= 0.3 is 0 Å². The lowest BCUT2D eigenvalue weighted by atomic mass is 10.4. The number of hydrogen-bond acceptors (Lipinski definition) is 2. The summed E-state index contributed by atoms with van der Waals surface area (Å²) < 4.78 is 1.25. The molecule has 3 nitrogen and oxygen atoms in total.